The molecule has 198 valence electrons. The van der Waals surface area contributed by atoms with Crippen molar-refractivity contribution >= 4 is 34.7 Å². The summed E-state index contributed by atoms with van der Waals surface area (Å²) < 4.78 is 0. The highest BCUT2D eigenvalue weighted by Gasteiger charge is 2.66. The zero-order chi connectivity index (χ0) is 27.8. The molecule has 2 saturated carbocycles. The number of hydrogen-bond donors (Lipinski definition) is 3. The van der Waals surface area contributed by atoms with E-state index >= 15 is 0 Å². The number of nitrogens with two attached hydrogens (primary N) is 1. The van der Waals surface area contributed by atoms with Gasteiger partial charge < -0.3 is 20.8 Å². The van der Waals surface area contributed by atoms with E-state index in [0.29, 0.717) is 22.4 Å². The summed E-state index contributed by atoms with van der Waals surface area (Å²) in [5, 5.41) is 22.8. The molecule has 2 unspecified atom stereocenters. The van der Waals surface area contributed by atoms with Gasteiger partial charge in [-0.15, -0.1) is 0 Å². The number of rotatable bonds is 3. The van der Waals surface area contributed by atoms with Crippen LogP contribution in [-0.2, 0) is 25.6 Å². The first-order valence-electron chi connectivity index (χ1n) is 12.6. The van der Waals surface area contributed by atoms with Gasteiger partial charge in [0.1, 0.15) is 5.75 Å². The zero-order valence-corrected chi connectivity index (χ0v) is 21.7. The third-order valence-corrected chi connectivity index (χ3v) is 8.39. The van der Waals surface area contributed by atoms with Gasteiger partial charge in [0.05, 0.1) is 11.5 Å². The molecule has 2 aromatic rings. The van der Waals surface area contributed by atoms with E-state index in [-0.39, 0.29) is 30.6 Å². The normalized spacial score (nSPS) is 28.4. The smallest absolute Gasteiger partial charge is 0.235 e. The van der Waals surface area contributed by atoms with Crippen molar-refractivity contribution in [3.05, 3.63) is 46.5 Å². The number of ketones is 4. The van der Waals surface area contributed by atoms with Crippen LogP contribution in [0, 0.1) is 37.5 Å². The van der Waals surface area contributed by atoms with Crippen LogP contribution in [0.4, 0.5) is 5.69 Å². The number of carbonyl (C=O) groups excluding carboxylic acids is 5. The number of amides is 1. The number of primary amides is 1. The first-order valence-corrected chi connectivity index (χ1v) is 12.6. The molecule has 2 fully saturated rings. The average molecular weight is 519 g/mol. The Morgan fingerprint density at radius 1 is 1.00 bits per heavy atom. The van der Waals surface area contributed by atoms with Crippen LogP contribution >= 0.6 is 0 Å². The standard InChI is InChI=1S/C29H30N2O7/c1-12-5-13(2)7-14(6-12)17-11-19(31(3)4)18-9-15-8-16-10-20(32)23(28(30)37)27(36)29(16,38)26(35)21(15)25(34)22(18)24(17)33/h5-7,11,15-16,21,23,33,38H,8-10H2,1-4H3,(H2,30,37)/t15-,16+,21?,23?,29+/m1/s1. The highest BCUT2D eigenvalue weighted by atomic mass is 16.3. The third kappa shape index (κ3) is 3.52. The van der Waals surface area contributed by atoms with Crippen molar-refractivity contribution in [1.29, 1.82) is 0 Å². The fourth-order valence-corrected chi connectivity index (χ4v) is 6.76. The summed E-state index contributed by atoms with van der Waals surface area (Å²) in [6, 6.07) is 7.60. The Kier molecular flexibility index (Phi) is 5.83. The minimum atomic E-state index is -2.66. The number of anilines is 1. The number of benzene rings is 2. The van der Waals surface area contributed by atoms with Gasteiger partial charge in [-0.2, -0.15) is 0 Å². The first kappa shape index (κ1) is 25.8. The molecule has 0 spiro atoms. The summed E-state index contributed by atoms with van der Waals surface area (Å²) in [5.41, 5.74) is 6.95. The summed E-state index contributed by atoms with van der Waals surface area (Å²) in [4.78, 5) is 67.1. The van der Waals surface area contributed by atoms with Crippen LogP contribution in [-0.4, -0.2) is 58.9 Å². The topological polar surface area (TPSA) is 155 Å². The van der Waals surface area contributed by atoms with E-state index in [1.54, 1.807) is 0 Å². The molecule has 5 rings (SSSR count). The molecule has 0 heterocycles. The fourth-order valence-electron chi connectivity index (χ4n) is 6.76. The Labute approximate surface area is 219 Å². The minimum Gasteiger partial charge on any atom is -0.507 e. The lowest BCUT2D eigenvalue weighted by Gasteiger charge is -2.48. The van der Waals surface area contributed by atoms with Crippen molar-refractivity contribution < 1.29 is 34.2 Å². The molecule has 9 heteroatoms. The summed E-state index contributed by atoms with van der Waals surface area (Å²) in [7, 11) is 3.64. The summed E-state index contributed by atoms with van der Waals surface area (Å²) in [5.74, 6) is -10.1. The number of nitrogens with zero attached hydrogens (tertiary/aromatic N) is 1. The van der Waals surface area contributed by atoms with E-state index in [4.69, 9.17) is 5.73 Å². The van der Waals surface area contributed by atoms with Crippen molar-refractivity contribution in [3.8, 4) is 16.9 Å². The third-order valence-electron chi connectivity index (χ3n) is 8.39. The van der Waals surface area contributed by atoms with Crippen LogP contribution in [0.5, 0.6) is 5.75 Å². The maximum atomic E-state index is 14.0. The minimum absolute atomic E-state index is 0.00667. The number of fused-ring (bicyclic) bond motifs is 3. The van der Waals surface area contributed by atoms with E-state index in [2.05, 4.69) is 0 Å². The number of aliphatic hydroxyl groups is 1. The van der Waals surface area contributed by atoms with Crippen LogP contribution in [0.3, 0.4) is 0 Å². The van der Waals surface area contributed by atoms with E-state index in [1.807, 2.05) is 57.1 Å². The quantitative estimate of drug-likeness (QED) is 0.519. The van der Waals surface area contributed by atoms with Crippen LogP contribution in [0.2, 0.25) is 0 Å². The molecule has 0 aliphatic heterocycles. The molecular weight excluding hydrogens is 488 g/mol. The molecule has 3 aliphatic rings. The van der Waals surface area contributed by atoms with Gasteiger partial charge >= 0.3 is 0 Å². The Balaban J connectivity index is 1.67. The summed E-state index contributed by atoms with van der Waals surface area (Å²) >= 11 is 0. The van der Waals surface area contributed by atoms with Gasteiger partial charge in [-0.1, -0.05) is 29.3 Å². The van der Waals surface area contributed by atoms with Crippen LogP contribution in [0.15, 0.2) is 24.3 Å². The molecule has 0 radical (unpaired) electrons. The van der Waals surface area contributed by atoms with E-state index in [9.17, 15) is 34.2 Å². The Morgan fingerprint density at radius 2 is 1.63 bits per heavy atom. The zero-order valence-electron chi connectivity index (χ0n) is 21.7. The molecular formula is C29H30N2O7. The monoisotopic (exact) mass is 518 g/mol. The summed E-state index contributed by atoms with van der Waals surface area (Å²) in [6.07, 6.45) is -0.0588. The lowest BCUT2D eigenvalue weighted by Crippen LogP contribution is -2.68. The van der Waals surface area contributed by atoms with Gasteiger partial charge in [-0.3, -0.25) is 24.0 Å². The maximum absolute atomic E-state index is 14.0. The molecule has 3 aliphatic carbocycles. The first-order chi connectivity index (χ1) is 17.8. The Hall–Kier alpha value is -3.85. The second kappa shape index (κ2) is 8.59. The predicted molar refractivity (Wildman–Crippen MR) is 138 cm³/mol. The van der Waals surface area contributed by atoms with Gasteiger partial charge in [0.25, 0.3) is 0 Å². The average Bonchev–Trinajstić information content (AvgIpc) is 2.80. The van der Waals surface area contributed by atoms with Crippen LogP contribution in [0.1, 0.15) is 39.9 Å². The molecule has 1 amide bonds. The predicted octanol–water partition coefficient (Wildman–Crippen LogP) is 1.68. The van der Waals surface area contributed by atoms with Gasteiger partial charge in [-0.05, 0) is 49.8 Å². The van der Waals surface area contributed by atoms with Crippen LogP contribution < -0.4 is 10.6 Å². The van der Waals surface area contributed by atoms with Crippen LogP contribution in [0.25, 0.3) is 11.1 Å². The van der Waals surface area contributed by atoms with E-state index in [1.165, 1.54) is 0 Å². The van der Waals surface area contributed by atoms with Gasteiger partial charge in [0.2, 0.25) is 5.91 Å². The number of aromatic hydroxyl groups is 1. The van der Waals surface area contributed by atoms with Gasteiger partial charge in [0, 0.05) is 37.7 Å². The summed E-state index contributed by atoms with van der Waals surface area (Å²) in [6.45, 7) is 3.86. The lowest BCUT2D eigenvalue weighted by molar-refractivity contribution is -0.175. The number of hydrogen-bond acceptors (Lipinski definition) is 8. The van der Waals surface area contributed by atoms with Crippen molar-refractivity contribution in [3.63, 3.8) is 0 Å². The van der Waals surface area contributed by atoms with Gasteiger partial charge in [0.15, 0.2) is 34.7 Å². The molecule has 5 atom stereocenters. The second-order valence-corrected chi connectivity index (χ2v) is 11.2. The SMILES string of the molecule is Cc1cc(C)cc(-c2cc(N(C)C)c3c(c2O)C(=O)C2C(=O)[C@]4(O)C(=O)C(C(N)=O)C(=O)C[C@@H]4C[C@@H]2C3)c1. The number of aryl methyl sites for hydroxylation is 2. The fraction of sp³-hybridized carbons (Fsp3) is 0.414. The molecule has 0 saturated heterocycles. The number of Topliss-reactive ketones (excluding diaryl/α,β-unsaturated/α-hetero) is 4. The number of phenolic OH excluding ortho intramolecular Hbond substituents is 1. The molecule has 38 heavy (non-hydrogen) atoms. The molecule has 4 N–H and O–H groups in total. The number of phenols is 1. The lowest BCUT2D eigenvalue weighted by atomic mass is 9.53. The molecule has 0 aromatic heterocycles. The van der Waals surface area contributed by atoms with Gasteiger partial charge in [-0.25, -0.2) is 0 Å². The second-order valence-electron chi connectivity index (χ2n) is 11.2. The van der Waals surface area contributed by atoms with Crippen molar-refractivity contribution in [2.24, 2.45) is 29.4 Å². The molecule has 0 bridgehead atoms. The Bertz CT molecular complexity index is 1440. The van der Waals surface area contributed by atoms with Crippen molar-refractivity contribution in [2.75, 3.05) is 19.0 Å². The van der Waals surface area contributed by atoms with E-state index in [0.717, 1.165) is 11.1 Å². The molecule has 9 nitrogen and oxygen atoms in total. The molecule has 2 aromatic carbocycles. The maximum Gasteiger partial charge on any atom is 0.235 e. The van der Waals surface area contributed by atoms with Crippen molar-refractivity contribution in [1.82, 2.24) is 0 Å². The van der Waals surface area contributed by atoms with E-state index < -0.39 is 58.3 Å². The van der Waals surface area contributed by atoms with Crippen molar-refractivity contribution in [2.45, 2.75) is 38.7 Å². The number of carbonyl (C=O) groups is 5. The highest BCUT2D eigenvalue weighted by molar-refractivity contribution is 6.31. The highest BCUT2D eigenvalue weighted by Crippen LogP contribution is 2.52. The largest absolute Gasteiger partial charge is 0.507 e. The Morgan fingerprint density at radius 3 is 2.21 bits per heavy atom.